The highest BCUT2D eigenvalue weighted by atomic mass is 16.5. The molecule has 0 atom stereocenters. The first-order chi connectivity index (χ1) is 6.24. The van der Waals surface area contributed by atoms with Gasteiger partial charge in [0.1, 0.15) is 5.75 Å². The van der Waals surface area contributed by atoms with Crippen LogP contribution >= 0.6 is 0 Å². The number of benzene rings is 1. The van der Waals surface area contributed by atoms with E-state index in [0.29, 0.717) is 0 Å². The quantitative estimate of drug-likeness (QED) is 0.705. The van der Waals surface area contributed by atoms with Gasteiger partial charge in [-0.3, -0.25) is 4.79 Å². The summed E-state index contributed by atoms with van der Waals surface area (Å²) in [5.74, 6) is 0.255. The number of methoxy groups -OCH3 is 1. The minimum Gasteiger partial charge on any atom is -0.496 e. The van der Waals surface area contributed by atoms with Crippen LogP contribution in [0.25, 0.3) is 6.08 Å². The number of carbonyl (C=O) groups excluding carboxylic acids is 1. The molecule has 0 fully saturated rings. The minimum absolute atomic E-state index is 0.467. The zero-order valence-corrected chi connectivity index (χ0v) is 7.36. The van der Waals surface area contributed by atoms with Crippen molar-refractivity contribution in [1.82, 2.24) is 0 Å². The van der Waals surface area contributed by atoms with E-state index in [1.807, 2.05) is 24.3 Å². The van der Waals surface area contributed by atoms with Gasteiger partial charge in [0.2, 0.25) is 5.91 Å². The van der Waals surface area contributed by atoms with Crippen molar-refractivity contribution in [2.45, 2.75) is 0 Å². The van der Waals surface area contributed by atoms with Crippen LogP contribution in [0.1, 0.15) is 5.56 Å². The fraction of sp³-hybridized carbons (Fsp3) is 0.100. The maximum Gasteiger partial charge on any atom is 0.241 e. The molecule has 0 spiro atoms. The van der Waals surface area contributed by atoms with Gasteiger partial charge in [-0.25, -0.2) is 0 Å². The number of rotatable bonds is 3. The molecule has 2 N–H and O–H groups in total. The molecule has 3 nitrogen and oxygen atoms in total. The van der Waals surface area contributed by atoms with Gasteiger partial charge < -0.3 is 10.5 Å². The third-order valence-corrected chi connectivity index (χ3v) is 1.57. The van der Waals surface area contributed by atoms with Gasteiger partial charge in [0.25, 0.3) is 0 Å². The zero-order valence-electron chi connectivity index (χ0n) is 7.36. The molecule has 0 unspecified atom stereocenters. The lowest BCUT2D eigenvalue weighted by molar-refractivity contribution is -0.113. The number of nitrogens with two attached hydrogens (primary N) is 1. The molecule has 13 heavy (non-hydrogen) atoms. The summed E-state index contributed by atoms with van der Waals surface area (Å²) in [5, 5.41) is 0. The highest BCUT2D eigenvalue weighted by Gasteiger charge is 1.96. The normalized spacial score (nSPS) is 10.2. The van der Waals surface area contributed by atoms with E-state index in [1.54, 1.807) is 13.2 Å². The molecule has 1 rings (SSSR count). The lowest BCUT2D eigenvalue weighted by Gasteiger charge is -2.02. The molecule has 0 aliphatic rings. The van der Waals surface area contributed by atoms with Crippen molar-refractivity contribution in [1.29, 1.82) is 0 Å². The van der Waals surface area contributed by atoms with Crippen molar-refractivity contribution in [3.8, 4) is 5.75 Å². The second-order valence-corrected chi connectivity index (χ2v) is 2.48. The summed E-state index contributed by atoms with van der Waals surface area (Å²) >= 11 is 0. The highest BCUT2D eigenvalue weighted by molar-refractivity contribution is 5.90. The van der Waals surface area contributed by atoms with Gasteiger partial charge in [-0.1, -0.05) is 18.2 Å². The molecule has 1 aromatic carbocycles. The van der Waals surface area contributed by atoms with Gasteiger partial charge in [-0.2, -0.15) is 0 Å². The predicted octanol–water partition coefficient (Wildman–Crippen LogP) is 1.19. The fourth-order valence-electron chi connectivity index (χ4n) is 0.976. The van der Waals surface area contributed by atoms with Crippen LogP contribution in [0.3, 0.4) is 0 Å². The summed E-state index contributed by atoms with van der Waals surface area (Å²) in [6, 6.07) is 7.39. The first-order valence-electron chi connectivity index (χ1n) is 3.84. The van der Waals surface area contributed by atoms with Crippen molar-refractivity contribution in [2.75, 3.05) is 7.11 Å². The van der Waals surface area contributed by atoms with E-state index in [-0.39, 0.29) is 0 Å². The zero-order chi connectivity index (χ0) is 9.68. The van der Waals surface area contributed by atoms with Crippen LogP contribution in [0.5, 0.6) is 5.75 Å². The predicted molar refractivity (Wildman–Crippen MR) is 51.2 cm³/mol. The maximum absolute atomic E-state index is 10.5. The molecule has 68 valence electrons. The van der Waals surface area contributed by atoms with Gasteiger partial charge >= 0.3 is 0 Å². The second kappa shape index (κ2) is 4.30. The Morgan fingerprint density at radius 1 is 1.46 bits per heavy atom. The van der Waals surface area contributed by atoms with Crippen molar-refractivity contribution in [2.24, 2.45) is 5.73 Å². The number of carbonyl (C=O) groups is 1. The molecule has 3 heteroatoms. The van der Waals surface area contributed by atoms with Gasteiger partial charge in [0, 0.05) is 11.6 Å². The highest BCUT2D eigenvalue weighted by Crippen LogP contribution is 2.18. The number of para-hydroxylation sites is 1. The number of hydrogen-bond acceptors (Lipinski definition) is 2. The summed E-state index contributed by atoms with van der Waals surface area (Å²) in [4.78, 5) is 10.5. The summed E-state index contributed by atoms with van der Waals surface area (Å²) in [6.45, 7) is 0. The van der Waals surface area contributed by atoms with Gasteiger partial charge in [-0.05, 0) is 12.1 Å². The van der Waals surface area contributed by atoms with Gasteiger partial charge in [0.05, 0.1) is 7.11 Å². The topological polar surface area (TPSA) is 52.3 Å². The molecule has 0 bridgehead atoms. The van der Waals surface area contributed by atoms with Crippen molar-refractivity contribution >= 4 is 12.0 Å². The Hall–Kier alpha value is -1.77. The molecule has 0 radical (unpaired) electrons. The van der Waals surface area contributed by atoms with E-state index >= 15 is 0 Å². The number of amides is 1. The van der Waals surface area contributed by atoms with Crippen molar-refractivity contribution in [3.63, 3.8) is 0 Å². The van der Waals surface area contributed by atoms with E-state index in [9.17, 15) is 4.79 Å². The molecular formula is C10H11NO2. The average molecular weight is 177 g/mol. The Bertz CT molecular complexity index is 331. The summed E-state index contributed by atoms with van der Waals surface area (Å²) in [6.07, 6.45) is 2.93. The van der Waals surface area contributed by atoms with Crippen molar-refractivity contribution < 1.29 is 9.53 Å². The fourth-order valence-corrected chi connectivity index (χ4v) is 0.976. The maximum atomic E-state index is 10.5. The standard InChI is InChI=1S/C10H11NO2/c1-13-9-5-3-2-4-8(9)6-7-10(11)12/h2-7H,1H3,(H2,11,12). The van der Waals surface area contributed by atoms with E-state index in [0.717, 1.165) is 11.3 Å². The lowest BCUT2D eigenvalue weighted by atomic mass is 10.2. The monoisotopic (exact) mass is 177 g/mol. The molecule has 0 aliphatic carbocycles. The Morgan fingerprint density at radius 2 is 2.15 bits per heavy atom. The molecule has 0 heterocycles. The van der Waals surface area contributed by atoms with Crippen molar-refractivity contribution in [3.05, 3.63) is 35.9 Å². The van der Waals surface area contributed by atoms with E-state index < -0.39 is 5.91 Å². The third-order valence-electron chi connectivity index (χ3n) is 1.57. The van der Waals surface area contributed by atoms with E-state index in [2.05, 4.69) is 0 Å². The van der Waals surface area contributed by atoms with Crippen LogP contribution in [0.2, 0.25) is 0 Å². The van der Waals surface area contributed by atoms with E-state index in [1.165, 1.54) is 6.08 Å². The molecule has 1 amide bonds. The Labute approximate surface area is 76.8 Å². The number of ether oxygens (including phenoxy) is 1. The van der Waals surface area contributed by atoms with Gasteiger partial charge in [-0.15, -0.1) is 0 Å². The smallest absolute Gasteiger partial charge is 0.241 e. The van der Waals surface area contributed by atoms with Crippen LogP contribution in [-0.4, -0.2) is 13.0 Å². The molecule has 0 saturated heterocycles. The largest absolute Gasteiger partial charge is 0.496 e. The van der Waals surface area contributed by atoms with Crippen LogP contribution in [-0.2, 0) is 4.79 Å². The van der Waals surface area contributed by atoms with Crippen LogP contribution < -0.4 is 10.5 Å². The Morgan fingerprint density at radius 3 is 2.77 bits per heavy atom. The summed E-state index contributed by atoms with van der Waals surface area (Å²) < 4.78 is 5.07. The first kappa shape index (κ1) is 9.32. The Balaban J connectivity index is 2.93. The van der Waals surface area contributed by atoms with Crippen LogP contribution in [0, 0.1) is 0 Å². The second-order valence-electron chi connectivity index (χ2n) is 2.48. The lowest BCUT2D eigenvalue weighted by Crippen LogP contribution is -2.05. The molecule has 0 saturated carbocycles. The molecule has 0 aliphatic heterocycles. The third kappa shape index (κ3) is 2.63. The average Bonchev–Trinajstić information content (AvgIpc) is 2.15. The summed E-state index contributed by atoms with van der Waals surface area (Å²) in [7, 11) is 1.58. The Kier molecular flexibility index (Phi) is 3.09. The first-order valence-corrected chi connectivity index (χ1v) is 3.84. The van der Waals surface area contributed by atoms with E-state index in [4.69, 9.17) is 10.5 Å². The molecule has 0 aromatic heterocycles. The van der Waals surface area contributed by atoms with Crippen LogP contribution in [0.4, 0.5) is 0 Å². The summed E-state index contributed by atoms with van der Waals surface area (Å²) in [5.41, 5.74) is 5.80. The van der Waals surface area contributed by atoms with Gasteiger partial charge in [0.15, 0.2) is 0 Å². The molecule has 1 aromatic rings. The SMILES string of the molecule is COc1ccccc1C=CC(N)=O. The number of primary amides is 1. The molecular weight excluding hydrogens is 166 g/mol. The minimum atomic E-state index is -0.467. The number of hydrogen-bond donors (Lipinski definition) is 1. The van der Waals surface area contributed by atoms with Crippen LogP contribution in [0.15, 0.2) is 30.3 Å².